The third kappa shape index (κ3) is 4.05. The molecular formula is C24H26N4OS. The van der Waals surface area contributed by atoms with E-state index in [4.69, 9.17) is 0 Å². The SMILES string of the molecule is Cc1ccc2c(=O)cc(CSc3nnc(CC(C)C)n3-c3ccccc3)[nH]c2c1C. The molecule has 0 radical (unpaired) electrons. The summed E-state index contributed by atoms with van der Waals surface area (Å²) in [4.78, 5) is 16.1. The van der Waals surface area contributed by atoms with Crippen LogP contribution in [0, 0.1) is 19.8 Å². The van der Waals surface area contributed by atoms with Crippen LogP contribution in [-0.4, -0.2) is 19.7 Å². The number of para-hydroxylation sites is 1. The molecule has 0 saturated carbocycles. The molecule has 2 aromatic carbocycles. The van der Waals surface area contributed by atoms with Gasteiger partial charge in [-0.25, -0.2) is 0 Å². The van der Waals surface area contributed by atoms with Gasteiger partial charge < -0.3 is 4.98 Å². The van der Waals surface area contributed by atoms with Crippen molar-refractivity contribution >= 4 is 22.7 Å². The summed E-state index contributed by atoms with van der Waals surface area (Å²) in [5.74, 6) is 2.06. The van der Waals surface area contributed by atoms with Crippen LogP contribution in [0.15, 0.2) is 58.5 Å². The minimum atomic E-state index is 0.0486. The first-order valence-corrected chi connectivity index (χ1v) is 11.2. The molecule has 0 aliphatic rings. The standard InChI is InChI=1S/C24H26N4OS/c1-15(2)12-22-26-27-24(28(22)19-8-6-5-7-9-19)30-14-18-13-21(29)20-11-10-16(3)17(4)23(20)25-18/h5-11,13,15H,12,14H2,1-4H3,(H,25,29). The number of nitrogens with zero attached hydrogens (tertiary/aromatic N) is 3. The minimum Gasteiger partial charge on any atom is -0.357 e. The molecule has 0 aliphatic carbocycles. The summed E-state index contributed by atoms with van der Waals surface area (Å²) in [6.45, 7) is 8.48. The van der Waals surface area contributed by atoms with Crippen molar-refractivity contribution in [1.82, 2.24) is 19.7 Å². The fourth-order valence-electron chi connectivity index (χ4n) is 3.56. The second kappa shape index (κ2) is 8.48. The monoisotopic (exact) mass is 418 g/mol. The van der Waals surface area contributed by atoms with Crippen molar-refractivity contribution in [1.29, 1.82) is 0 Å². The third-order valence-electron chi connectivity index (χ3n) is 5.25. The van der Waals surface area contributed by atoms with Crippen LogP contribution in [0.2, 0.25) is 0 Å². The maximum Gasteiger partial charge on any atom is 0.196 e. The van der Waals surface area contributed by atoms with Gasteiger partial charge in [-0.05, 0) is 49.1 Å². The molecule has 5 nitrogen and oxygen atoms in total. The van der Waals surface area contributed by atoms with Crippen LogP contribution in [-0.2, 0) is 12.2 Å². The van der Waals surface area contributed by atoms with Crippen LogP contribution in [0.4, 0.5) is 0 Å². The quantitative estimate of drug-likeness (QED) is 0.436. The van der Waals surface area contributed by atoms with Gasteiger partial charge in [0.05, 0.1) is 5.52 Å². The Bertz CT molecular complexity index is 1240. The zero-order chi connectivity index (χ0) is 21.3. The molecule has 30 heavy (non-hydrogen) atoms. The number of hydrogen-bond donors (Lipinski definition) is 1. The van der Waals surface area contributed by atoms with Crippen LogP contribution in [0.1, 0.15) is 36.5 Å². The molecule has 0 bridgehead atoms. The van der Waals surface area contributed by atoms with E-state index in [0.717, 1.165) is 45.2 Å². The third-order valence-corrected chi connectivity index (χ3v) is 6.23. The van der Waals surface area contributed by atoms with Gasteiger partial charge >= 0.3 is 0 Å². The van der Waals surface area contributed by atoms with Crippen molar-refractivity contribution in [3.05, 3.63) is 81.4 Å². The normalized spacial score (nSPS) is 11.5. The number of rotatable bonds is 6. The first kappa shape index (κ1) is 20.4. The fraction of sp³-hybridized carbons (Fsp3) is 0.292. The van der Waals surface area contributed by atoms with E-state index in [2.05, 4.69) is 59.6 Å². The molecule has 1 N–H and O–H groups in total. The first-order chi connectivity index (χ1) is 14.4. The lowest BCUT2D eigenvalue weighted by atomic mass is 10.0. The minimum absolute atomic E-state index is 0.0486. The van der Waals surface area contributed by atoms with Crippen LogP contribution in [0.3, 0.4) is 0 Å². The molecular weight excluding hydrogens is 392 g/mol. The summed E-state index contributed by atoms with van der Waals surface area (Å²) in [5, 5.41) is 10.5. The van der Waals surface area contributed by atoms with Gasteiger partial charge in [0.2, 0.25) is 0 Å². The van der Waals surface area contributed by atoms with Gasteiger partial charge in [0, 0.05) is 35.0 Å². The van der Waals surface area contributed by atoms with E-state index in [9.17, 15) is 4.79 Å². The maximum atomic E-state index is 12.6. The molecule has 0 aliphatic heterocycles. The van der Waals surface area contributed by atoms with Gasteiger partial charge in [0.1, 0.15) is 5.82 Å². The van der Waals surface area contributed by atoms with Gasteiger partial charge in [-0.2, -0.15) is 0 Å². The summed E-state index contributed by atoms with van der Waals surface area (Å²) in [7, 11) is 0. The van der Waals surface area contributed by atoms with Crippen molar-refractivity contribution < 1.29 is 0 Å². The summed E-state index contributed by atoms with van der Waals surface area (Å²) in [6, 6.07) is 15.8. The van der Waals surface area contributed by atoms with Crippen LogP contribution >= 0.6 is 11.8 Å². The Balaban J connectivity index is 1.68. The average Bonchev–Trinajstić information content (AvgIpc) is 3.12. The number of nitrogens with one attached hydrogen (secondary N) is 1. The molecule has 0 atom stereocenters. The molecule has 4 aromatic rings. The highest BCUT2D eigenvalue weighted by Gasteiger charge is 2.16. The largest absolute Gasteiger partial charge is 0.357 e. The Kier molecular flexibility index (Phi) is 5.77. The molecule has 2 heterocycles. The fourth-order valence-corrected chi connectivity index (χ4v) is 4.44. The lowest BCUT2D eigenvalue weighted by Crippen LogP contribution is -2.07. The molecule has 0 unspecified atom stereocenters. The second-order valence-electron chi connectivity index (χ2n) is 8.05. The van der Waals surface area contributed by atoms with Gasteiger partial charge in [-0.15, -0.1) is 10.2 Å². The highest BCUT2D eigenvalue weighted by molar-refractivity contribution is 7.98. The summed E-state index contributed by atoms with van der Waals surface area (Å²) >= 11 is 1.59. The van der Waals surface area contributed by atoms with Crippen molar-refractivity contribution in [2.45, 2.75) is 45.0 Å². The molecule has 0 fully saturated rings. The van der Waals surface area contributed by atoms with Gasteiger partial charge in [0.25, 0.3) is 0 Å². The van der Waals surface area contributed by atoms with Gasteiger partial charge in [-0.3, -0.25) is 9.36 Å². The number of aryl methyl sites for hydroxylation is 2. The summed E-state index contributed by atoms with van der Waals surface area (Å²) in [6.07, 6.45) is 0.855. The molecule has 0 saturated heterocycles. The predicted octanol–water partition coefficient (Wildman–Crippen LogP) is 5.22. The smallest absolute Gasteiger partial charge is 0.196 e. The van der Waals surface area contributed by atoms with Crippen molar-refractivity contribution in [2.75, 3.05) is 0 Å². The Hall–Kier alpha value is -2.86. The Morgan fingerprint density at radius 1 is 1.07 bits per heavy atom. The summed E-state index contributed by atoms with van der Waals surface area (Å²) in [5.41, 5.74) is 5.20. The maximum absolute atomic E-state index is 12.6. The van der Waals surface area contributed by atoms with E-state index < -0.39 is 0 Å². The lowest BCUT2D eigenvalue weighted by Gasteiger charge is -2.12. The number of benzene rings is 2. The number of fused-ring (bicyclic) bond motifs is 1. The molecule has 0 amide bonds. The van der Waals surface area contributed by atoms with Crippen molar-refractivity contribution in [3.63, 3.8) is 0 Å². The number of pyridine rings is 1. The van der Waals surface area contributed by atoms with E-state index in [-0.39, 0.29) is 5.43 Å². The zero-order valence-electron chi connectivity index (χ0n) is 17.8. The number of aromatic nitrogens is 4. The van der Waals surface area contributed by atoms with Crippen molar-refractivity contribution in [3.8, 4) is 5.69 Å². The number of hydrogen-bond acceptors (Lipinski definition) is 4. The Morgan fingerprint density at radius 3 is 2.57 bits per heavy atom. The van der Waals surface area contributed by atoms with E-state index in [0.29, 0.717) is 11.7 Å². The highest BCUT2D eigenvalue weighted by atomic mass is 32.2. The summed E-state index contributed by atoms with van der Waals surface area (Å²) < 4.78 is 2.12. The topological polar surface area (TPSA) is 63.6 Å². The van der Waals surface area contributed by atoms with Crippen LogP contribution < -0.4 is 5.43 Å². The van der Waals surface area contributed by atoms with E-state index in [1.54, 1.807) is 17.8 Å². The second-order valence-corrected chi connectivity index (χ2v) is 8.99. The molecule has 2 aromatic heterocycles. The van der Waals surface area contributed by atoms with E-state index in [1.807, 2.05) is 30.3 Å². The molecule has 6 heteroatoms. The predicted molar refractivity (Wildman–Crippen MR) is 124 cm³/mol. The van der Waals surface area contributed by atoms with Gasteiger partial charge in [0.15, 0.2) is 10.6 Å². The molecule has 4 rings (SSSR count). The van der Waals surface area contributed by atoms with Gasteiger partial charge in [-0.1, -0.05) is 49.9 Å². The number of aromatic amines is 1. The zero-order valence-corrected chi connectivity index (χ0v) is 18.6. The molecule has 154 valence electrons. The Morgan fingerprint density at radius 2 is 1.83 bits per heavy atom. The van der Waals surface area contributed by atoms with E-state index in [1.165, 1.54) is 5.56 Å². The lowest BCUT2D eigenvalue weighted by molar-refractivity contribution is 0.608. The first-order valence-electron chi connectivity index (χ1n) is 10.2. The Labute approximate surface area is 180 Å². The van der Waals surface area contributed by atoms with Crippen LogP contribution in [0.5, 0.6) is 0 Å². The number of H-pyrrole nitrogens is 1. The highest BCUT2D eigenvalue weighted by Crippen LogP contribution is 2.26. The average molecular weight is 419 g/mol. The van der Waals surface area contributed by atoms with Crippen LogP contribution in [0.25, 0.3) is 16.6 Å². The molecule has 0 spiro atoms. The van der Waals surface area contributed by atoms with E-state index >= 15 is 0 Å². The number of thioether (sulfide) groups is 1. The van der Waals surface area contributed by atoms with Crippen molar-refractivity contribution in [2.24, 2.45) is 5.92 Å².